The fraction of sp³-hybridized carbons (Fsp3) is 1.00. The Balaban J connectivity index is 2.76. The highest BCUT2D eigenvalue weighted by molar-refractivity contribution is 7.83. The van der Waals surface area contributed by atoms with Gasteiger partial charge in [0, 0.05) is 0 Å². The molecule has 5 atom stereocenters. The number of aliphatic hydroxyl groups excluding tert-OH is 3. The molecule has 0 aliphatic carbocycles. The van der Waals surface area contributed by atoms with Gasteiger partial charge in [0.15, 0.2) is 6.29 Å². The highest BCUT2D eigenvalue weighted by Crippen LogP contribution is 2.21. The van der Waals surface area contributed by atoms with Crippen molar-refractivity contribution in [3.05, 3.63) is 0 Å². The van der Waals surface area contributed by atoms with E-state index in [9.17, 15) is 32.2 Å². The van der Waals surface area contributed by atoms with Gasteiger partial charge >= 0.3 is 20.7 Å². The molecule has 0 radical (unpaired) electrons. The maximum Gasteiger partial charge on any atom is 0.397 e. The molecular weight excluding hydrogens is 326 g/mol. The van der Waals surface area contributed by atoms with Gasteiger partial charge < -0.3 is 20.1 Å². The van der Waals surface area contributed by atoms with E-state index in [2.05, 4.69) is 8.92 Å². The summed E-state index contributed by atoms with van der Waals surface area (Å²) in [5.74, 6) is 0. The van der Waals surface area contributed by atoms with Gasteiger partial charge in [0.1, 0.15) is 24.4 Å². The molecule has 120 valence electrons. The number of hydrogen-bond acceptors (Lipinski definition) is 9. The van der Waals surface area contributed by atoms with Crippen LogP contribution in [0.1, 0.15) is 0 Å². The summed E-state index contributed by atoms with van der Waals surface area (Å²) >= 11 is 0. The lowest BCUT2D eigenvalue weighted by molar-refractivity contribution is -0.250. The quantitative estimate of drug-likeness (QED) is 0.267. The van der Waals surface area contributed by atoms with Crippen molar-refractivity contribution in [2.45, 2.75) is 30.6 Å². The van der Waals surface area contributed by atoms with Crippen molar-refractivity contribution in [3.8, 4) is 0 Å². The predicted molar refractivity (Wildman–Crippen MR) is 58.9 cm³/mol. The first kappa shape index (κ1) is 17.6. The lowest BCUT2D eigenvalue weighted by Gasteiger charge is -2.39. The van der Waals surface area contributed by atoms with E-state index in [0.717, 1.165) is 0 Å². The Morgan fingerprint density at radius 3 is 2.05 bits per heavy atom. The molecule has 12 nitrogen and oxygen atoms in total. The first-order valence-electron chi connectivity index (χ1n) is 4.97. The van der Waals surface area contributed by atoms with Crippen molar-refractivity contribution >= 4 is 20.7 Å². The monoisotopic (exact) mass is 339 g/mol. The van der Waals surface area contributed by atoms with E-state index in [1.165, 1.54) is 4.72 Å². The molecule has 0 spiro atoms. The molecule has 1 fully saturated rings. The number of rotatable bonds is 5. The van der Waals surface area contributed by atoms with Crippen LogP contribution in [0.15, 0.2) is 0 Å². The summed E-state index contributed by atoms with van der Waals surface area (Å²) in [6.45, 7) is -0.938. The van der Waals surface area contributed by atoms with Crippen LogP contribution in [0, 0.1) is 0 Å². The van der Waals surface area contributed by atoms with Crippen molar-refractivity contribution in [3.63, 3.8) is 0 Å². The minimum atomic E-state index is -4.83. The van der Waals surface area contributed by atoms with E-state index in [4.69, 9.17) is 9.11 Å². The van der Waals surface area contributed by atoms with E-state index in [0.29, 0.717) is 0 Å². The van der Waals surface area contributed by atoms with E-state index >= 15 is 0 Å². The predicted octanol–water partition coefficient (Wildman–Crippen LogP) is -3.99. The van der Waals surface area contributed by atoms with Crippen LogP contribution >= 0.6 is 0 Å². The number of aliphatic hydroxyl groups is 3. The lowest BCUT2D eigenvalue weighted by Crippen LogP contribution is -2.64. The summed E-state index contributed by atoms with van der Waals surface area (Å²) in [5, 5.41) is 28.6. The average molecular weight is 339 g/mol. The van der Waals surface area contributed by atoms with Crippen LogP contribution in [0.3, 0.4) is 0 Å². The molecule has 0 saturated carbocycles. The van der Waals surface area contributed by atoms with E-state index in [1.54, 1.807) is 0 Å². The standard InChI is InChI=1S/C6H13NO11S2/c8-4-2(1-17-20(14,15)16)18-6(10)3(5(4)9)7-19(11,12)13/h2-10H,1H2,(H,11,12,13)(H,14,15,16)/t2?,3?,4-,5+,6?/m1/s1. The van der Waals surface area contributed by atoms with Crippen LogP contribution in [-0.4, -0.2) is 78.5 Å². The minimum absolute atomic E-state index is 0.938. The second-order valence-corrected chi connectivity index (χ2v) is 6.15. The van der Waals surface area contributed by atoms with Crippen molar-refractivity contribution in [2.75, 3.05) is 6.61 Å². The second-order valence-electron chi connectivity index (χ2n) is 3.88. The molecule has 0 aromatic rings. The Labute approximate surface area is 113 Å². The summed E-state index contributed by atoms with van der Waals surface area (Å²) in [4.78, 5) is 0. The van der Waals surface area contributed by atoms with Crippen LogP contribution in [-0.2, 0) is 29.6 Å². The van der Waals surface area contributed by atoms with Crippen molar-refractivity contribution in [1.29, 1.82) is 0 Å². The SMILES string of the molecule is O=S(=O)(O)NC1C(O)OC(COS(=O)(=O)O)[C@@H](O)[C@H]1O. The van der Waals surface area contributed by atoms with E-state index in [-0.39, 0.29) is 0 Å². The summed E-state index contributed by atoms with van der Waals surface area (Å²) in [6, 6.07) is -1.79. The summed E-state index contributed by atoms with van der Waals surface area (Å²) in [7, 11) is -9.62. The first-order chi connectivity index (χ1) is 8.91. The second kappa shape index (κ2) is 6.14. The van der Waals surface area contributed by atoms with Crippen LogP contribution in [0.4, 0.5) is 0 Å². The Bertz CT molecular complexity index is 527. The smallest absolute Gasteiger partial charge is 0.388 e. The molecule has 1 saturated heterocycles. The molecule has 3 unspecified atom stereocenters. The third kappa shape index (κ3) is 5.17. The van der Waals surface area contributed by atoms with Gasteiger partial charge in [-0.25, -0.2) is 4.18 Å². The number of nitrogens with one attached hydrogen (secondary N) is 1. The topological polar surface area (TPSA) is 200 Å². The maximum atomic E-state index is 10.6. The highest BCUT2D eigenvalue weighted by atomic mass is 32.3. The number of ether oxygens (including phenoxy) is 1. The third-order valence-electron chi connectivity index (χ3n) is 2.39. The molecular formula is C6H13NO11S2. The maximum absolute atomic E-state index is 10.6. The van der Waals surface area contributed by atoms with Gasteiger partial charge in [-0.05, 0) is 0 Å². The van der Waals surface area contributed by atoms with Crippen LogP contribution in [0.25, 0.3) is 0 Å². The Hall–Kier alpha value is -0.420. The zero-order chi connectivity index (χ0) is 15.7. The molecule has 0 amide bonds. The third-order valence-corrected chi connectivity index (χ3v) is 3.39. The molecule has 1 heterocycles. The molecule has 6 N–H and O–H groups in total. The molecule has 14 heteroatoms. The van der Waals surface area contributed by atoms with E-state index < -0.39 is 58.0 Å². The van der Waals surface area contributed by atoms with Gasteiger partial charge in [0.05, 0.1) is 6.61 Å². The van der Waals surface area contributed by atoms with Crippen LogP contribution in [0.5, 0.6) is 0 Å². The molecule has 0 aromatic heterocycles. The Kier molecular flexibility index (Phi) is 5.41. The fourth-order valence-electron chi connectivity index (χ4n) is 1.54. The molecule has 1 aliphatic heterocycles. The van der Waals surface area contributed by atoms with Gasteiger partial charge in [-0.15, -0.1) is 0 Å². The van der Waals surface area contributed by atoms with Gasteiger partial charge in [0.2, 0.25) is 0 Å². The molecule has 0 bridgehead atoms. The van der Waals surface area contributed by atoms with Crippen molar-refractivity contribution in [2.24, 2.45) is 0 Å². The van der Waals surface area contributed by atoms with Gasteiger partial charge in [-0.3, -0.25) is 9.11 Å². The highest BCUT2D eigenvalue weighted by Gasteiger charge is 2.45. The van der Waals surface area contributed by atoms with Crippen LogP contribution < -0.4 is 4.72 Å². The fourth-order valence-corrected chi connectivity index (χ4v) is 2.44. The van der Waals surface area contributed by atoms with Crippen molar-refractivity contribution in [1.82, 2.24) is 4.72 Å². The normalized spacial score (nSPS) is 36.0. The summed E-state index contributed by atoms with van der Waals surface area (Å²) in [6.07, 6.45) is -7.37. The Morgan fingerprint density at radius 2 is 1.60 bits per heavy atom. The lowest BCUT2D eigenvalue weighted by atomic mass is 9.98. The zero-order valence-electron chi connectivity index (χ0n) is 9.60. The molecule has 1 rings (SSSR count). The van der Waals surface area contributed by atoms with Gasteiger partial charge in [0.25, 0.3) is 0 Å². The van der Waals surface area contributed by atoms with Gasteiger partial charge in [-0.2, -0.15) is 21.6 Å². The van der Waals surface area contributed by atoms with Gasteiger partial charge in [-0.1, -0.05) is 0 Å². The Morgan fingerprint density at radius 1 is 1.05 bits per heavy atom. The van der Waals surface area contributed by atoms with Crippen molar-refractivity contribution < 1.29 is 50.2 Å². The van der Waals surface area contributed by atoms with E-state index in [1.807, 2.05) is 0 Å². The van der Waals surface area contributed by atoms with Crippen LogP contribution in [0.2, 0.25) is 0 Å². The molecule has 1 aliphatic rings. The largest absolute Gasteiger partial charge is 0.397 e. The minimum Gasteiger partial charge on any atom is -0.388 e. The average Bonchev–Trinajstić information content (AvgIpc) is 2.25. The number of hydrogen-bond donors (Lipinski definition) is 6. The molecule has 0 aromatic carbocycles. The summed E-state index contributed by atoms with van der Waals surface area (Å²) < 4.78 is 68.7. The zero-order valence-corrected chi connectivity index (χ0v) is 11.2. The summed E-state index contributed by atoms with van der Waals surface area (Å²) in [5.41, 5.74) is 0. The first-order valence-corrected chi connectivity index (χ1v) is 7.77. The molecule has 20 heavy (non-hydrogen) atoms.